The van der Waals surface area contributed by atoms with E-state index in [0.717, 1.165) is 12.1 Å². The Kier molecular flexibility index (Phi) is 6.16. The predicted molar refractivity (Wildman–Crippen MR) is 102 cm³/mol. The number of sulfone groups is 1. The number of carbonyl (C=O) groups is 2. The van der Waals surface area contributed by atoms with E-state index in [2.05, 4.69) is 5.32 Å². The molecule has 160 valence electrons. The maximum atomic E-state index is 12.7. The minimum atomic E-state index is -4.47. The number of ether oxygens (including phenoxy) is 1. The molecule has 1 fully saturated rings. The molecule has 0 saturated carbocycles. The number of hydrogen-bond donors (Lipinski definition) is 1. The van der Waals surface area contributed by atoms with Crippen molar-refractivity contribution >= 4 is 21.7 Å². The lowest BCUT2D eigenvalue weighted by Crippen LogP contribution is -2.38. The van der Waals surface area contributed by atoms with Gasteiger partial charge in [-0.05, 0) is 35.7 Å². The van der Waals surface area contributed by atoms with Gasteiger partial charge in [0, 0.05) is 6.04 Å². The van der Waals surface area contributed by atoms with Crippen LogP contribution in [0, 0.1) is 0 Å². The zero-order valence-electron chi connectivity index (χ0n) is 15.6. The Morgan fingerprint density at radius 3 is 2.33 bits per heavy atom. The normalized spacial score (nSPS) is 18.0. The number of rotatable bonds is 5. The fourth-order valence-corrected chi connectivity index (χ4v) is 4.81. The summed E-state index contributed by atoms with van der Waals surface area (Å²) in [6, 6.07) is 10.0. The highest BCUT2D eigenvalue weighted by molar-refractivity contribution is 7.91. The maximum Gasteiger partial charge on any atom is 0.416 e. The molecular weight excluding hydrogens is 423 g/mol. The van der Waals surface area contributed by atoms with Gasteiger partial charge in [0.1, 0.15) is 0 Å². The molecule has 30 heavy (non-hydrogen) atoms. The number of halogens is 3. The van der Waals surface area contributed by atoms with E-state index in [1.165, 1.54) is 18.2 Å². The Morgan fingerprint density at radius 1 is 1.07 bits per heavy atom. The van der Waals surface area contributed by atoms with Crippen molar-refractivity contribution in [3.63, 3.8) is 0 Å². The summed E-state index contributed by atoms with van der Waals surface area (Å²) in [6.07, 6.45) is -4.16. The molecule has 0 aromatic heterocycles. The van der Waals surface area contributed by atoms with Crippen LogP contribution < -0.4 is 5.32 Å². The van der Waals surface area contributed by atoms with E-state index < -0.39 is 46.1 Å². The van der Waals surface area contributed by atoms with E-state index in [1.54, 1.807) is 18.2 Å². The summed E-state index contributed by atoms with van der Waals surface area (Å²) in [4.78, 5) is 24.4. The van der Waals surface area contributed by atoms with E-state index in [1.807, 2.05) is 0 Å². The van der Waals surface area contributed by atoms with Gasteiger partial charge < -0.3 is 10.1 Å². The van der Waals surface area contributed by atoms with Crippen LogP contribution >= 0.6 is 0 Å². The van der Waals surface area contributed by atoms with Crippen molar-refractivity contribution in [1.82, 2.24) is 5.32 Å². The van der Waals surface area contributed by atoms with Crippen LogP contribution in [0.2, 0.25) is 0 Å². The number of benzene rings is 2. The molecular formula is C20H18F3NO5S. The number of hydrogen-bond acceptors (Lipinski definition) is 5. The molecule has 1 aliphatic rings. The number of amides is 1. The van der Waals surface area contributed by atoms with Gasteiger partial charge in [0.15, 0.2) is 16.4 Å². The minimum absolute atomic E-state index is 0.00175. The maximum absolute atomic E-state index is 12.7. The monoisotopic (exact) mass is 441 g/mol. The van der Waals surface area contributed by atoms with Gasteiger partial charge in [0.25, 0.3) is 5.91 Å². The first-order chi connectivity index (χ1) is 14.0. The molecule has 2 aromatic rings. The lowest BCUT2D eigenvalue weighted by Gasteiger charge is -2.13. The predicted octanol–water partition coefficient (Wildman–Crippen LogP) is 2.83. The van der Waals surface area contributed by atoms with E-state index in [9.17, 15) is 31.2 Å². The number of esters is 1. The third-order valence-electron chi connectivity index (χ3n) is 4.60. The first-order valence-corrected chi connectivity index (χ1v) is 10.8. The molecule has 1 atom stereocenters. The van der Waals surface area contributed by atoms with Gasteiger partial charge in [-0.3, -0.25) is 4.79 Å². The van der Waals surface area contributed by atoms with Crippen molar-refractivity contribution in [1.29, 1.82) is 0 Å². The molecule has 10 heteroatoms. The number of carbonyl (C=O) groups excluding carboxylic acids is 2. The standard InChI is InChI=1S/C20H18F3NO5S/c21-20(22,23)14-7-5-13(6-8-14)16-3-1-2-4-17(16)19(26)29-11-18(25)24-15-9-10-30(27,28)12-15/h1-8,15H,9-12H2,(H,24,25). The number of alkyl halides is 3. The first kappa shape index (κ1) is 21.8. The molecule has 1 amide bonds. The van der Waals surface area contributed by atoms with E-state index in [4.69, 9.17) is 4.74 Å². The van der Waals surface area contributed by atoms with Gasteiger partial charge in [0.05, 0.1) is 22.6 Å². The summed E-state index contributed by atoms with van der Waals surface area (Å²) in [5.74, 6) is -1.60. The van der Waals surface area contributed by atoms with Crippen LogP contribution in [0.4, 0.5) is 13.2 Å². The van der Waals surface area contributed by atoms with E-state index in [-0.39, 0.29) is 17.1 Å². The zero-order chi connectivity index (χ0) is 21.9. The fourth-order valence-electron chi connectivity index (χ4n) is 3.14. The van der Waals surface area contributed by atoms with Crippen molar-refractivity contribution in [2.75, 3.05) is 18.1 Å². The summed E-state index contributed by atoms with van der Waals surface area (Å²) < 4.78 is 66.1. The van der Waals surface area contributed by atoms with Crippen LogP contribution in [0.5, 0.6) is 0 Å². The van der Waals surface area contributed by atoms with Crippen LogP contribution in [0.25, 0.3) is 11.1 Å². The molecule has 1 saturated heterocycles. The van der Waals surface area contributed by atoms with Crippen LogP contribution in [0.1, 0.15) is 22.3 Å². The molecule has 2 aromatic carbocycles. The second-order valence-electron chi connectivity index (χ2n) is 6.86. The highest BCUT2D eigenvalue weighted by atomic mass is 32.2. The van der Waals surface area contributed by atoms with Gasteiger partial charge in [-0.15, -0.1) is 0 Å². The molecule has 0 spiro atoms. The summed E-state index contributed by atoms with van der Waals surface area (Å²) >= 11 is 0. The first-order valence-electron chi connectivity index (χ1n) is 8.99. The Hall–Kier alpha value is -2.88. The largest absolute Gasteiger partial charge is 0.452 e. The average Bonchev–Trinajstić information content (AvgIpc) is 3.03. The molecule has 1 unspecified atom stereocenters. The molecule has 3 rings (SSSR count). The van der Waals surface area contributed by atoms with Crippen molar-refractivity contribution in [2.24, 2.45) is 0 Å². The Bertz CT molecular complexity index is 1050. The van der Waals surface area contributed by atoms with Gasteiger partial charge in [-0.1, -0.05) is 30.3 Å². The zero-order valence-corrected chi connectivity index (χ0v) is 16.4. The third-order valence-corrected chi connectivity index (χ3v) is 6.37. The van der Waals surface area contributed by atoms with Gasteiger partial charge in [-0.2, -0.15) is 13.2 Å². The molecule has 6 nitrogen and oxygen atoms in total. The van der Waals surface area contributed by atoms with E-state index >= 15 is 0 Å². The highest BCUT2D eigenvalue weighted by Gasteiger charge is 2.30. The molecule has 0 aliphatic carbocycles. The molecule has 1 N–H and O–H groups in total. The van der Waals surface area contributed by atoms with Crippen LogP contribution in [0.15, 0.2) is 48.5 Å². The van der Waals surface area contributed by atoms with Crippen LogP contribution in [-0.2, 0) is 25.5 Å². The van der Waals surface area contributed by atoms with Crippen molar-refractivity contribution < 1.29 is 35.9 Å². The smallest absolute Gasteiger partial charge is 0.416 e. The van der Waals surface area contributed by atoms with Crippen molar-refractivity contribution in [3.05, 3.63) is 59.7 Å². The van der Waals surface area contributed by atoms with Crippen LogP contribution in [-0.4, -0.2) is 44.4 Å². The van der Waals surface area contributed by atoms with Crippen LogP contribution in [0.3, 0.4) is 0 Å². The van der Waals surface area contributed by atoms with Crippen molar-refractivity contribution in [2.45, 2.75) is 18.6 Å². The Balaban J connectivity index is 1.66. The quantitative estimate of drug-likeness (QED) is 0.721. The summed E-state index contributed by atoms with van der Waals surface area (Å²) in [6.45, 7) is -0.600. The lowest BCUT2D eigenvalue weighted by atomic mass is 9.98. The lowest BCUT2D eigenvalue weighted by molar-refractivity contribution is -0.137. The second-order valence-corrected chi connectivity index (χ2v) is 9.09. The Morgan fingerprint density at radius 2 is 1.73 bits per heavy atom. The minimum Gasteiger partial charge on any atom is -0.452 e. The van der Waals surface area contributed by atoms with Gasteiger partial charge >= 0.3 is 12.1 Å². The fraction of sp³-hybridized carbons (Fsp3) is 0.300. The molecule has 0 radical (unpaired) electrons. The third kappa shape index (κ3) is 5.38. The topological polar surface area (TPSA) is 89.5 Å². The SMILES string of the molecule is O=C(COC(=O)c1ccccc1-c1ccc(C(F)(F)F)cc1)NC1CCS(=O)(=O)C1. The number of nitrogens with one attached hydrogen (secondary N) is 1. The summed E-state index contributed by atoms with van der Waals surface area (Å²) in [5, 5.41) is 2.51. The summed E-state index contributed by atoms with van der Waals surface area (Å²) in [5.41, 5.74) is 0.0279. The second kappa shape index (κ2) is 8.47. The molecule has 1 heterocycles. The highest BCUT2D eigenvalue weighted by Crippen LogP contribution is 2.32. The Labute approximate surface area is 171 Å². The van der Waals surface area contributed by atoms with Gasteiger partial charge in [-0.25, -0.2) is 13.2 Å². The van der Waals surface area contributed by atoms with E-state index in [0.29, 0.717) is 17.5 Å². The summed E-state index contributed by atoms with van der Waals surface area (Å²) in [7, 11) is -3.16. The molecule has 0 bridgehead atoms. The molecule has 1 aliphatic heterocycles. The van der Waals surface area contributed by atoms with Gasteiger partial charge in [0.2, 0.25) is 0 Å². The van der Waals surface area contributed by atoms with Crippen molar-refractivity contribution in [3.8, 4) is 11.1 Å². The average molecular weight is 441 g/mol.